The lowest BCUT2D eigenvalue weighted by Gasteiger charge is -2.22. The Hall–Kier alpha value is -7.11. The van der Waals surface area contributed by atoms with Crippen LogP contribution in [0.5, 0.6) is 0 Å². The van der Waals surface area contributed by atoms with E-state index in [4.69, 9.17) is 29.2 Å². The number of anilines is 2. The van der Waals surface area contributed by atoms with Gasteiger partial charge in [0.05, 0.1) is 76.9 Å². The molecule has 0 amide bonds. The zero-order valence-corrected chi connectivity index (χ0v) is 43.1. The standard InChI is InChI=1S/C24H26F3N7O2.C23H23F3N6O4S.C2H7NO/c1-12-20(13(2)36-34-12)19-7-6-14-15(10-29-22(14)31-19)21-16(24(25,26)27)11-30-23(33-21)32-18-5-3-4-17(18)28-8-9-35;1-11-19(12(2)35-32-11)17-8-7-13-14(9-27-21(13)29-17)20-15(23(24,25)26)10-28-22(31-20)30-16-5-4-6-18(16)36-37(3,33)34;3-1-2-4/h6-7,10-11,17-18,28,35H,3-5,8-9H2,1-2H3,(H,29,31)(H,30,32,33);7-10,16,18H,4-6H2,1-3H3,(H,27,29)(H,28,30,31);4H,1-3H2/t17-,18-;16-,18+;/m00./s1. The van der Waals surface area contributed by atoms with Gasteiger partial charge >= 0.3 is 12.4 Å². The predicted molar refractivity (Wildman–Crippen MR) is 271 cm³/mol. The molecule has 2 fully saturated rings. The lowest BCUT2D eigenvalue weighted by molar-refractivity contribution is -0.138. The first-order valence-electron chi connectivity index (χ1n) is 24.4. The molecule has 0 unspecified atom stereocenters. The molecule has 10 rings (SSSR count). The first-order valence-corrected chi connectivity index (χ1v) is 26.2. The van der Waals surface area contributed by atoms with Crippen LogP contribution in [-0.4, -0.2) is 126 Å². The highest BCUT2D eigenvalue weighted by atomic mass is 32.2. The highest BCUT2D eigenvalue weighted by molar-refractivity contribution is 7.86. The number of nitrogens with zero attached hydrogens (tertiary/aromatic N) is 8. The van der Waals surface area contributed by atoms with E-state index in [2.05, 4.69) is 66.1 Å². The van der Waals surface area contributed by atoms with Crippen molar-refractivity contribution in [2.24, 2.45) is 5.73 Å². The molecule has 0 aliphatic heterocycles. The van der Waals surface area contributed by atoms with E-state index in [0.29, 0.717) is 94.3 Å². The van der Waals surface area contributed by atoms with Gasteiger partial charge in [0.2, 0.25) is 11.9 Å². The Kier molecular flexibility index (Phi) is 16.9. The SMILES string of the molecule is Cc1noc(C)c1-c1ccc2c(-c3nc(N[C@H]4CCC[C@@H]4NCCO)ncc3C(F)(F)F)c[nH]c2n1.Cc1noc(C)c1-c1ccc2c(-c3nc(N[C@H]4CCC[C@H]4OS(C)(=O)=O)ncc3C(F)(F)F)c[nH]c2n1.NCCO. The molecule has 0 aromatic carbocycles. The number of aliphatic hydroxyl groups excluding tert-OH is 2. The number of alkyl halides is 6. The monoisotopic (exact) mass is 1100 g/mol. The molecular formula is C49H56F6N14O7S. The Morgan fingerprint density at radius 3 is 1.57 bits per heavy atom. The van der Waals surface area contributed by atoms with E-state index < -0.39 is 45.7 Å². The van der Waals surface area contributed by atoms with Crippen LogP contribution < -0.4 is 21.7 Å². The van der Waals surface area contributed by atoms with Crippen LogP contribution in [0.1, 0.15) is 72.6 Å². The number of aromatic nitrogens is 10. The molecule has 4 atom stereocenters. The van der Waals surface area contributed by atoms with Gasteiger partial charge in [-0.1, -0.05) is 10.3 Å². The van der Waals surface area contributed by atoms with Gasteiger partial charge < -0.3 is 50.9 Å². The molecule has 412 valence electrons. The summed E-state index contributed by atoms with van der Waals surface area (Å²) >= 11 is 0. The van der Waals surface area contributed by atoms with Gasteiger partial charge in [-0.25, -0.2) is 29.9 Å². The molecule has 2 aliphatic carbocycles. The normalized spacial score (nSPS) is 17.8. The van der Waals surface area contributed by atoms with Crippen molar-refractivity contribution in [1.29, 1.82) is 0 Å². The summed E-state index contributed by atoms with van der Waals surface area (Å²) in [5.74, 6) is 1.24. The summed E-state index contributed by atoms with van der Waals surface area (Å²) in [5, 5.41) is 35.1. The molecule has 9 N–H and O–H groups in total. The van der Waals surface area contributed by atoms with Gasteiger partial charge in [0.25, 0.3) is 10.1 Å². The number of hydrogen-bond donors (Lipinski definition) is 8. The maximum Gasteiger partial charge on any atom is 0.419 e. The molecule has 0 radical (unpaired) electrons. The first-order chi connectivity index (χ1) is 36.6. The number of aromatic amines is 2. The summed E-state index contributed by atoms with van der Waals surface area (Å²) in [6.07, 6.45) is -0.214. The van der Waals surface area contributed by atoms with E-state index in [9.17, 15) is 34.8 Å². The lowest BCUT2D eigenvalue weighted by atomic mass is 10.1. The van der Waals surface area contributed by atoms with Crippen LogP contribution in [0.4, 0.5) is 38.2 Å². The largest absolute Gasteiger partial charge is 0.419 e. The fraction of sp³-hybridized carbons (Fsp3) is 0.429. The molecule has 21 nitrogen and oxygen atoms in total. The van der Waals surface area contributed by atoms with Crippen LogP contribution in [0.15, 0.2) is 58.1 Å². The quantitative estimate of drug-likeness (QED) is 0.0381. The Morgan fingerprint density at radius 1 is 0.688 bits per heavy atom. The molecular weight excluding hydrogens is 1040 g/mol. The molecule has 0 spiro atoms. The van der Waals surface area contributed by atoms with E-state index in [-0.39, 0.29) is 59.7 Å². The summed E-state index contributed by atoms with van der Waals surface area (Å²) in [5.41, 5.74) is 7.51. The van der Waals surface area contributed by atoms with Crippen LogP contribution in [0.25, 0.3) is 67.1 Å². The van der Waals surface area contributed by atoms with E-state index in [1.165, 1.54) is 12.4 Å². The summed E-state index contributed by atoms with van der Waals surface area (Å²) in [7, 11) is -3.70. The molecule has 8 heterocycles. The minimum Gasteiger partial charge on any atom is -0.395 e. The van der Waals surface area contributed by atoms with Crippen molar-refractivity contribution < 1.29 is 58.2 Å². The Balaban J connectivity index is 0.000000191. The Labute approximate surface area is 436 Å². The fourth-order valence-electron chi connectivity index (χ4n) is 9.50. The number of fused-ring (bicyclic) bond motifs is 2. The molecule has 2 aliphatic rings. The molecule has 8 aromatic heterocycles. The van der Waals surface area contributed by atoms with Gasteiger partial charge in [0.1, 0.15) is 33.9 Å². The van der Waals surface area contributed by atoms with Gasteiger partial charge in [-0.2, -0.15) is 34.8 Å². The Morgan fingerprint density at radius 2 is 1.14 bits per heavy atom. The van der Waals surface area contributed by atoms with Gasteiger partial charge in [-0.15, -0.1) is 0 Å². The lowest BCUT2D eigenvalue weighted by Crippen LogP contribution is -2.41. The average Bonchev–Trinajstić information content (AvgIpc) is 4.26. The van der Waals surface area contributed by atoms with Crippen molar-refractivity contribution in [2.75, 3.05) is 43.2 Å². The number of hydrogen-bond acceptors (Lipinski definition) is 19. The smallest absolute Gasteiger partial charge is 0.395 e. The zero-order valence-electron chi connectivity index (χ0n) is 42.3. The Bertz CT molecular complexity index is 3410. The molecule has 2 saturated carbocycles. The molecule has 0 saturated heterocycles. The summed E-state index contributed by atoms with van der Waals surface area (Å²) in [6.45, 7) is 8.04. The van der Waals surface area contributed by atoms with Gasteiger partial charge in [0, 0.05) is 71.9 Å². The maximum absolute atomic E-state index is 13.9. The van der Waals surface area contributed by atoms with E-state index in [1.54, 1.807) is 52.0 Å². The van der Waals surface area contributed by atoms with E-state index >= 15 is 0 Å². The van der Waals surface area contributed by atoms with Crippen LogP contribution in [0, 0.1) is 27.7 Å². The van der Waals surface area contributed by atoms with Crippen LogP contribution in [0.2, 0.25) is 0 Å². The molecule has 0 bridgehead atoms. The van der Waals surface area contributed by atoms with Crippen molar-refractivity contribution in [3.8, 4) is 45.0 Å². The minimum atomic E-state index is -4.71. The highest BCUT2D eigenvalue weighted by Crippen LogP contribution is 2.42. The number of nitrogens with one attached hydrogen (secondary N) is 5. The first kappa shape index (κ1) is 56.1. The summed E-state index contributed by atoms with van der Waals surface area (Å²) in [4.78, 5) is 31.4. The third kappa shape index (κ3) is 12.8. The predicted octanol–water partition coefficient (Wildman–Crippen LogP) is 7.78. The zero-order chi connectivity index (χ0) is 55.4. The summed E-state index contributed by atoms with van der Waals surface area (Å²) in [6, 6.07) is 6.35. The second-order valence-corrected chi connectivity index (χ2v) is 20.0. The van der Waals surface area contributed by atoms with E-state index in [0.717, 1.165) is 43.5 Å². The number of H-pyrrole nitrogens is 2. The molecule has 8 aromatic rings. The molecule has 77 heavy (non-hydrogen) atoms. The third-order valence-corrected chi connectivity index (χ3v) is 13.5. The fourth-order valence-corrected chi connectivity index (χ4v) is 10.2. The average molecular weight is 1100 g/mol. The molecule has 28 heteroatoms. The minimum absolute atomic E-state index is 0.0106. The second kappa shape index (κ2) is 23.2. The van der Waals surface area contributed by atoms with Crippen molar-refractivity contribution in [3.05, 3.63) is 83.1 Å². The number of aliphatic hydroxyl groups is 2. The van der Waals surface area contributed by atoms with Crippen molar-refractivity contribution in [2.45, 2.75) is 103 Å². The van der Waals surface area contributed by atoms with Crippen molar-refractivity contribution in [1.82, 2.24) is 55.5 Å². The van der Waals surface area contributed by atoms with Crippen molar-refractivity contribution >= 4 is 44.1 Å². The van der Waals surface area contributed by atoms with Crippen molar-refractivity contribution in [3.63, 3.8) is 0 Å². The number of halogens is 6. The number of pyridine rings is 2. The van der Waals surface area contributed by atoms with Crippen LogP contribution >= 0.6 is 0 Å². The van der Waals surface area contributed by atoms with Crippen LogP contribution in [0.3, 0.4) is 0 Å². The van der Waals surface area contributed by atoms with Gasteiger partial charge in [-0.3, -0.25) is 4.18 Å². The number of nitrogens with two attached hydrogens (primary N) is 1. The topological polar surface area (TPSA) is 307 Å². The number of rotatable bonds is 14. The van der Waals surface area contributed by atoms with Crippen LogP contribution in [-0.2, 0) is 26.7 Å². The summed E-state index contributed by atoms with van der Waals surface area (Å²) < 4.78 is 122. The van der Waals surface area contributed by atoms with Gasteiger partial charge in [0.15, 0.2) is 0 Å². The van der Waals surface area contributed by atoms with Gasteiger partial charge in [-0.05, 0) is 90.5 Å². The third-order valence-electron chi connectivity index (χ3n) is 12.9. The second-order valence-electron chi connectivity index (χ2n) is 18.4. The van der Waals surface area contributed by atoms with E-state index in [1.807, 2.05) is 0 Å². The highest BCUT2D eigenvalue weighted by Gasteiger charge is 2.39. The number of aryl methyl sites for hydroxylation is 4. The maximum atomic E-state index is 13.9.